The molecule has 1 aliphatic rings. The van der Waals surface area contributed by atoms with Crippen molar-refractivity contribution in [2.45, 2.75) is 32.2 Å². The lowest BCUT2D eigenvalue weighted by atomic mass is 10.1. The van der Waals surface area contributed by atoms with E-state index in [-0.39, 0.29) is 6.04 Å². The molecule has 2 heterocycles. The summed E-state index contributed by atoms with van der Waals surface area (Å²) in [7, 11) is 1.94. The molecule has 1 aliphatic heterocycles. The molecule has 0 aliphatic carbocycles. The lowest BCUT2D eigenvalue weighted by Gasteiger charge is -2.23. The second-order valence-corrected chi connectivity index (χ2v) is 4.40. The van der Waals surface area contributed by atoms with Crippen LogP contribution in [0.1, 0.15) is 37.9 Å². The Morgan fingerprint density at radius 1 is 1.59 bits per heavy atom. The van der Waals surface area contributed by atoms with E-state index >= 15 is 0 Å². The van der Waals surface area contributed by atoms with Crippen LogP contribution < -0.4 is 5.32 Å². The second kappa shape index (κ2) is 5.87. The van der Waals surface area contributed by atoms with Gasteiger partial charge in [-0.25, -0.2) is 0 Å². The fourth-order valence-electron chi connectivity index (χ4n) is 2.00. The Balaban J connectivity index is 2.15. The molecule has 0 amide bonds. The largest absolute Gasteiger partial charge is 0.496 e. The summed E-state index contributed by atoms with van der Waals surface area (Å²) in [4.78, 5) is 0. The van der Waals surface area contributed by atoms with E-state index in [0.717, 1.165) is 43.9 Å². The van der Waals surface area contributed by atoms with Gasteiger partial charge in [0.05, 0.1) is 12.3 Å². The van der Waals surface area contributed by atoms with Crippen LogP contribution in [0.3, 0.4) is 0 Å². The third kappa shape index (κ3) is 3.09. The first-order chi connectivity index (χ1) is 8.31. The summed E-state index contributed by atoms with van der Waals surface area (Å²) in [5.74, 6) is 1.03. The summed E-state index contributed by atoms with van der Waals surface area (Å²) >= 11 is 0. The number of allylic oxidation sites excluding steroid dienone is 1. The molecule has 1 atom stereocenters. The van der Waals surface area contributed by atoms with Crippen molar-refractivity contribution in [2.75, 3.05) is 13.2 Å². The SMILES string of the molecule is CCCNC(C1=CCCCO1)c1ccn(C)n1. The van der Waals surface area contributed by atoms with Crippen molar-refractivity contribution in [3.8, 4) is 0 Å². The van der Waals surface area contributed by atoms with Crippen molar-refractivity contribution in [2.24, 2.45) is 7.05 Å². The Kier molecular flexibility index (Phi) is 4.20. The van der Waals surface area contributed by atoms with Gasteiger partial charge in [-0.15, -0.1) is 0 Å². The minimum Gasteiger partial charge on any atom is -0.496 e. The highest BCUT2D eigenvalue weighted by Crippen LogP contribution is 2.24. The standard InChI is InChI=1S/C13H21N3O/c1-3-8-14-13(11-7-9-16(2)15-11)12-6-4-5-10-17-12/h6-7,9,13-14H,3-5,8,10H2,1-2H3. The Morgan fingerprint density at radius 3 is 3.06 bits per heavy atom. The van der Waals surface area contributed by atoms with Gasteiger partial charge in [0.15, 0.2) is 0 Å². The summed E-state index contributed by atoms with van der Waals surface area (Å²) in [5.41, 5.74) is 1.04. The first kappa shape index (κ1) is 12.2. The van der Waals surface area contributed by atoms with Gasteiger partial charge in [0.25, 0.3) is 0 Å². The van der Waals surface area contributed by atoms with E-state index < -0.39 is 0 Å². The summed E-state index contributed by atoms with van der Waals surface area (Å²) in [5, 5.41) is 7.97. The molecule has 1 aromatic rings. The lowest BCUT2D eigenvalue weighted by molar-refractivity contribution is 0.166. The van der Waals surface area contributed by atoms with Gasteiger partial charge in [-0.05, 0) is 37.9 Å². The van der Waals surface area contributed by atoms with Gasteiger partial charge < -0.3 is 10.1 Å². The van der Waals surface area contributed by atoms with Crippen LogP contribution in [0.4, 0.5) is 0 Å². The molecule has 17 heavy (non-hydrogen) atoms. The van der Waals surface area contributed by atoms with E-state index in [0.29, 0.717) is 0 Å². The quantitative estimate of drug-likeness (QED) is 0.850. The van der Waals surface area contributed by atoms with Gasteiger partial charge in [-0.3, -0.25) is 4.68 Å². The number of rotatable bonds is 5. The van der Waals surface area contributed by atoms with E-state index in [9.17, 15) is 0 Å². The first-order valence-corrected chi connectivity index (χ1v) is 6.37. The van der Waals surface area contributed by atoms with E-state index in [4.69, 9.17) is 4.74 Å². The normalized spacial score (nSPS) is 17.4. The molecule has 0 aromatic carbocycles. The molecule has 2 rings (SSSR count). The Labute approximate surface area is 103 Å². The number of nitrogens with one attached hydrogen (secondary N) is 1. The van der Waals surface area contributed by atoms with Gasteiger partial charge in [-0.2, -0.15) is 5.10 Å². The molecule has 0 spiro atoms. The molecule has 0 bridgehead atoms. The minimum atomic E-state index is 0.108. The van der Waals surface area contributed by atoms with Gasteiger partial charge in [0, 0.05) is 13.2 Å². The molecule has 4 nitrogen and oxygen atoms in total. The number of aromatic nitrogens is 2. The zero-order valence-electron chi connectivity index (χ0n) is 10.6. The summed E-state index contributed by atoms with van der Waals surface area (Å²) in [6.07, 6.45) is 7.49. The van der Waals surface area contributed by atoms with Crippen LogP contribution >= 0.6 is 0 Å². The van der Waals surface area contributed by atoms with Crippen LogP contribution in [0, 0.1) is 0 Å². The van der Waals surface area contributed by atoms with Crippen LogP contribution in [0.25, 0.3) is 0 Å². The molecule has 0 saturated carbocycles. The van der Waals surface area contributed by atoms with Crippen LogP contribution in [0.15, 0.2) is 24.1 Å². The van der Waals surface area contributed by atoms with Crippen molar-refractivity contribution in [1.82, 2.24) is 15.1 Å². The van der Waals surface area contributed by atoms with Gasteiger partial charge in [0.1, 0.15) is 11.8 Å². The summed E-state index contributed by atoms with van der Waals surface area (Å²) in [6.45, 7) is 3.96. The molecule has 94 valence electrons. The molecule has 1 unspecified atom stereocenters. The fourth-order valence-corrected chi connectivity index (χ4v) is 2.00. The second-order valence-electron chi connectivity index (χ2n) is 4.40. The van der Waals surface area contributed by atoms with Crippen molar-refractivity contribution >= 4 is 0 Å². The predicted octanol–water partition coefficient (Wildman–Crippen LogP) is 2.16. The Hall–Kier alpha value is -1.29. The van der Waals surface area contributed by atoms with Crippen LogP contribution in [-0.4, -0.2) is 22.9 Å². The Bertz CT molecular complexity index is 384. The predicted molar refractivity (Wildman–Crippen MR) is 67.5 cm³/mol. The highest BCUT2D eigenvalue weighted by molar-refractivity contribution is 5.18. The monoisotopic (exact) mass is 235 g/mol. The molecule has 0 saturated heterocycles. The highest BCUT2D eigenvalue weighted by Gasteiger charge is 2.21. The lowest BCUT2D eigenvalue weighted by Crippen LogP contribution is -2.26. The highest BCUT2D eigenvalue weighted by atomic mass is 16.5. The number of nitrogens with zero attached hydrogens (tertiary/aromatic N) is 2. The average Bonchev–Trinajstić information content (AvgIpc) is 2.78. The van der Waals surface area contributed by atoms with Crippen molar-refractivity contribution in [1.29, 1.82) is 0 Å². The van der Waals surface area contributed by atoms with Gasteiger partial charge in [0.2, 0.25) is 0 Å². The van der Waals surface area contributed by atoms with E-state index in [1.165, 1.54) is 0 Å². The molecule has 0 fully saturated rings. The van der Waals surface area contributed by atoms with E-state index in [2.05, 4.69) is 23.4 Å². The maximum Gasteiger partial charge on any atom is 0.115 e. The molecule has 1 N–H and O–H groups in total. The van der Waals surface area contributed by atoms with E-state index in [1.807, 2.05) is 24.0 Å². The topological polar surface area (TPSA) is 39.1 Å². The number of aryl methyl sites for hydroxylation is 1. The first-order valence-electron chi connectivity index (χ1n) is 6.37. The summed E-state index contributed by atoms with van der Waals surface area (Å²) < 4.78 is 7.58. The number of ether oxygens (including phenoxy) is 1. The number of hydrogen-bond donors (Lipinski definition) is 1. The third-order valence-electron chi connectivity index (χ3n) is 2.88. The Morgan fingerprint density at radius 2 is 2.47 bits per heavy atom. The minimum absolute atomic E-state index is 0.108. The maximum absolute atomic E-state index is 5.75. The summed E-state index contributed by atoms with van der Waals surface area (Å²) in [6, 6.07) is 2.16. The van der Waals surface area contributed by atoms with Crippen molar-refractivity contribution in [3.63, 3.8) is 0 Å². The zero-order chi connectivity index (χ0) is 12.1. The van der Waals surface area contributed by atoms with Gasteiger partial charge >= 0.3 is 0 Å². The smallest absolute Gasteiger partial charge is 0.115 e. The van der Waals surface area contributed by atoms with E-state index in [1.54, 1.807) is 0 Å². The van der Waals surface area contributed by atoms with Crippen LogP contribution in [0.5, 0.6) is 0 Å². The fraction of sp³-hybridized carbons (Fsp3) is 0.615. The van der Waals surface area contributed by atoms with Crippen LogP contribution in [0.2, 0.25) is 0 Å². The van der Waals surface area contributed by atoms with Crippen LogP contribution in [-0.2, 0) is 11.8 Å². The molecule has 4 heteroatoms. The molecule has 0 radical (unpaired) electrons. The van der Waals surface area contributed by atoms with Crippen molar-refractivity contribution < 1.29 is 4.74 Å². The van der Waals surface area contributed by atoms with Crippen molar-refractivity contribution in [3.05, 3.63) is 29.8 Å². The number of hydrogen-bond acceptors (Lipinski definition) is 3. The maximum atomic E-state index is 5.75. The third-order valence-corrected chi connectivity index (χ3v) is 2.88. The molecular weight excluding hydrogens is 214 g/mol. The zero-order valence-corrected chi connectivity index (χ0v) is 10.6. The molecule has 1 aromatic heterocycles. The average molecular weight is 235 g/mol. The van der Waals surface area contributed by atoms with Gasteiger partial charge in [-0.1, -0.05) is 6.92 Å². The molecular formula is C13H21N3O.